The molecule has 1 aliphatic rings. The number of fused-ring (bicyclic) bond motifs is 3. The number of ether oxygens (including phenoxy) is 2. The third kappa shape index (κ3) is 1.96. The highest BCUT2D eigenvalue weighted by Gasteiger charge is 2.24. The molecule has 5 heteroatoms. The second-order valence-electron chi connectivity index (χ2n) is 5.27. The van der Waals surface area contributed by atoms with Gasteiger partial charge >= 0.3 is 0 Å². The van der Waals surface area contributed by atoms with E-state index < -0.39 is 0 Å². The molecule has 112 valence electrons. The summed E-state index contributed by atoms with van der Waals surface area (Å²) >= 11 is 0. The van der Waals surface area contributed by atoms with Crippen LogP contribution in [0.2, 0.25) is 0 Å². The highest BCUT2D eigenvalue weighted by atomic mass is 16.5. The van der Waals surface area contributed by atoms with E-state index in [2.05, 4.69) is 6.07 Å². The number of benzene rings is 1. The van der Waals surface area contributed by atoms with Crippen molar-refractivity contribution in [2.24, 2.45) is 0 Å². The summed E-state index contributed by atoms with van der Waals surface area (Å²) in [6, 6.07) is 7.52. The van der Waals surface area contributed by atoms with Crippen LogP contribution in [0, 0.1) is 18.3 Å². The molecular weight excluding hydrogens is 280 g/mol. The Morgan fingerprint density at radius 3 is 2.50 bits per heavy atom. The van der Waals surface area contributed by atoms with Gasteiger partial charge in [0.2, 0.25) is 0 Å². The third-order valence-electron chi connectivity index (χ3n) is 4.09. The molecule has 0 atom stereocenters. The lowest BCUT2D eigenvalue weighted by molar-refractivity contribution is 0.354. The molecule has 2 heterocycles. The van der Waals surface area contributed by atoms with Crippen LogP contribution in [0.5, 0.6) is 11.5 Å². The molecule has 0 unspecified atom stereocenters. The van der Waals surface area contributed by atoms with Crippen LogP contribution >= 0.6 is 0 Å². The van der Waals surface area contributed by atoms with E-state index in [9.17, 15) is 10.1 Å². The SMILES string of the molecule is COc1cc2c(cc1OC)-c1c(C#N)c(C)cc(=O)n1CC2. The van der Waals surface area contributed by atoms with Gasteiger partial charge in [-0.15, -0.1) is 0 Å². The van der Waals surface area contributed by atoms with E-state index in [0.717, 1.165) is 17.5 Å². The van der Waals surface area contributed by atoms with Gasteiger partial charge in [-0.1, -0.05) is 0 Å². The Bertz CT molecular complexity index is 860. The fourth-order valence-electron chi connectivity index (χ4n) is 2.99. The lowest BCUT2D eigenvalue weighted by Gasteiger charge is -2.24. The van der Waals surface area contributed by atoms with E-state index in [1.54, 1.807) is 25.7 Å². The van der Waals surface area contributed by atoms with E-state index in [0.29, 0.717) is 34.9 Å². The highest BCUT2D eigenvalue weighted by molar-refractivity contribution is 5.75. The molecule has 22 heavy (non-hydrogen) atoms. The van der Waals surface area contributed by atoms with Crippen molar-refractivity contribution in [3.05, 3.63) is 45.2 Å². The number of nitriles is 1. The average Bonchev–Trinajstić information content (AvgIpc) is 2.53. The molecule has 1 aliphatic heterocycles. The van der Waals surface area contributed by atoms with E-state index in [1.165, 1.54) is 6.07 Å². The van der Waals surface area contributed by atoms with E-state index in [-0.39, 0.29) is 5.56 Å². The summed E-state index contributed by atoms with van der Waals surface area (Å²) in [6.45, 7) is 2.35. The van der Waals surface area contributed by atoms with Crippen LogP contribution in [0.25, 0.3) is 11.3 Å². The minimum atomic E-state index is -0.0769. The third-order valence-corrected chi connectivity index (χ3v) is 4.09. The lowest BCUT2D eigenvalue weighted by Crippen LogP contribution is -2.27. The Hall–Kier alpha value is -2.74. The number of methoxy groups -OCH3 is 2. The minimum absolute atomic E-state index is 0.0769. The number of aryl methyl sites for hydroxylation is 2. The average molecular weight is 296 g/mol. The monoisotopic (exact) mass is 296 g/mol. The molecule has 1 aromatic carbocycles. The molecule has 0 aliphatic carbocycles. The van der Waals surface area contributed by atoms with Crippen LogP contribution in [-0.4, -0.2) is 18.8 Å². The largest absolute Gasteiger partial charge is 0.493 e. The molecule has 0 saturated carbocycles. The number of hydrogen-bond acceptors (Lipinski definition) is 4. The van der Waals surface area contributed by atoms with Gasteiger partial charge in [0.15, 0.2) is 11.5 Å². The maximum atomic E-state index is 12.2. The van der Waals surface area contributed by atoms with Gasteiger partial charge in [-0.05, 0) is 36.6 Å². The number of nitrogens with zero attached hydrogens (tertiary/aromatic N) is 2. The molecule has 0 N–H and O–H groups in total. The number of pyridine rings is 1. The summed E-state index contributed by atoms with van der Waals surface area (Å²) in [4.78, 5) is 12.2. The van der Waals surface area contributed by atoms with Gasteiger partial charge in [-0.3, -0.25) is 4.79 Å². The van der Waals surface area contributed by atoms with Crippen molar-refractivity contribution in [3.63, 3.8) is 0 Å². The first kappa shape index (κ1) is 14.2. The Balaban J connectivity index is 2.39. The zero-order chi connectivity index (χ0) is 15.9. The van der Waals surface area contributed by atoms with Crippen molar-refractivity contribution < 1.29 is 9.47 Å². The summed E-state index contributed by atoms with van der Waals surface area (Å²) < 4.78 is 12.4. The first-order valence-electron chi connectivity index (χ1n) is 7.00. The molecule has 3 rings (SSSR count). The summed E-state index contributed by atoms with van der Waals surface area (Å²) in [5.41, 5.74) is 3.75. The van der Waals surface area contributed by atoms with E-state index in [1.807, 2.05) is 12.1 Å². The summed E-state index contributed by atoms with van der Waals surface area (Å²) in [6.07, 6.45) is 0.719. The maximum Gasteiger partial charge on any atom is 0.251 e. The second kappa shape index (κ2) is 5.23. The minimum Gasteiger partial charge on any atom is -0.493 e. The molecule has 1 aromatic heterocycles. The molecule has 0 amide bonds. The van der Waals surface area contributed by atoms with Crippen molar-refractivity contribution in [2.75, 3.05) is 14.2 Å². The Kier molecular flexibility index (Phi) is 3.38. The van der Waals surface area contributed by atoms with E-state index >= 15 is 0 Å². The van der Waals surface area contributed by atoms with Crippen molar-refractivity contribution >= 4 is 0 Å². The molecule has 2 aromatic rings. The van der Waals surface area contributed by atoms with Gasteiger partial charge in [0, 0.05) is 18.2 Å². The molecule has 0 saturated heterocycles. The van der Waals surface area contributed by atoms with Crippen LogP contribution in [0.1, 0.15) is 16.7 Å². The first-order valence-corrected chi connectivity index (χ1v) is 7.00. The van der Waals surface area contributed by atoms with Gasteiger partial charge in [0.25, 0.3) is 5.56 Å². The zero-order valence-electron chi connectivity index (χ0n) is 12.8. The zero-order valence-corrected chi connectivity index (χ0v) is 12.8. The number of rotatable bonds is 2. The van der Waals surface area contributed by atoms with Crippen LogP contribution in [0.15, 0.2) is 23.0 Å². The van der Waals surface area contributed by atoms with Crippen LogP contribution in [-0.2, 0) is 13.0 Å². The standard InChI is InChI=1S/C17H16N2O3/c1-10-6-16(20)19-5-4-11-7-14(21-2)15(22-3)8-12(11)17(19)13(10)9-18/h6-8H,4-5H2,1-3H3. The lowest BCUT2D eigenvalue weighted by atomic mass is 9.92. The Labute approximate surface area is 128 Å². The molecule has 0 radical (unpaired) electrons. The smallest absolute Gasteiger partial charge is 0.251 e. The van der Waals surface area contributed by atoms with Gasteiger partial charge in [-0.2, -0.15) is 5.26 Å². The number of aromatic nitrogens is 1. The second-order valence-corrected chi connectivity index (χ2v) is 5.27. The van der Waals surface area contributed by atoms with E-state index in [4.69, 9.17) is 9.47 Å². The molecule has 5 nitrogen and oxygen atoms in total. The van der Waals surface area contributed by atoms with Crippen LogP contribution in [0.3, 0.4) is 0 Å². The summed E-state index contributed by atoms with van der Waals surface area (Å²) in [5, 5.41) is 9.50. The topological polar surface area (TPSA) is 64.2 Å². The van der Waals surface area contributed by atoms with Gasteiger partial charge in [-0.25, -0.2) is 0 Å². The summed E-state index contributed by atoms with van der Waals surface area (Å²) in [5.74, 6) is 1.25. The molecule has 0 bridgehead atoms. The molecule has 0 spiro atoms. The predicted molar refractivity (Wildman–Crippen MR) is 82.4 cm³/mol. The van der Waals surface area contributed by atoms with Crippen molar-refractivity contribution in [3.8, 4) is 28.8 Å². The maximum absolute atomic E-state index is 12.2. The fraction of sp³-hybridized carbons (Fsp3) is 0.294. The van der Waals surface area contributed by atoms with Crippen LogP contribution < -0.4 is 15.0 Å². The highest BCUT2D eigenvalue weighted by Crippen LogP contribution is 2.39. The van der Waals surface area contributed by atoms with Gasteiger partial charge in [0.1, 0.15) is 6.07 Å². The first-order chi connectivity index (χ1) is 10.6. The molecular formula is C17H16N2O3. The van der Waals surface area contributed by atoms with Gasteiger partial charge in [0.05, 0.1) is 25.5 Å². The molecule has 0 fully saturated rings. The van der Waals surface area contributed by atoms with Crippen molar-refractivity contribution in [1.82, 2.24) is 4.57 Å². The summed E-state index contributed by atoms with van der Waals surface area (Å²) in [7, 11) is 3.16. The van der Waals surface area contributed by atoms with Crippen molar-refractivity contribution in [1.29, 1.82) is 5.26 Å². The quantitative estimate of drug-likeness (QED) is 0.852. The van der Waals surface area contributed by atoms with Crippen LogP contribution in [0.4, 0.5) is 0 Å². The predicted octanol–water partition coefficient (Wildman–Crippen LogP) is 2.27. The van der Waals surface area contributed by atoms with Gasteiger partial charge < -0.3 is 14.0 Å². The normalized spacial score (nSPS) is 12.1. The Morgan fingerprint density at radius 2 is 1.86 bits per heavy atom. The fourth-order valence-corrected chi connectivity index (χ4v) is 2.99. The number of hydrogen-bond donors (Lipinski definition) is 0. The van der Waals surface area contributed by atoms with Crippen molar-refractivity contribution in [2.45, 2.75) is 19.9 Å². The Morgan fingerprint density at radius 1 is 1.18 bits per heavy atom.